The van der Waals surface area contributed by atoms with Crippen molar-refractivity contribution in [2.75, 3.05) is 0 Å². The minimum Gasteiger partial charge on any atom is -0.147 e. The predicted octanol–water partition coefficient (Wildman–Crippen LogP) is 4.17. The van der Waals surface area contributed by atoms with Gasteiger partial charge in [-0.05, 0) is 12.5 Å². The normalized spacial score (nSPS) is 8.11. The third kappa shape index (κ3) is 335. The Kier molecular flexibility index (Phi) is 17.0. The van der Waals surface area contributed by atoms with E-state index in [4.69, 9.17) is 46.4 Å². The van der Waals surface area contributed by atoms with Gasteiger partial charge in [0.25, 0.3) is 0 Å². The summed E-state index contributed by atoms with van der Waals surface area (Å²) in [6.07, 6.45) is 0. The monoisotopic (exact) mass is 230 g/mol. The first-order valence-electron chi connectivity index (χ1n) is 1.69. The van der Waals surface area contributed by atoms with Crippen molar-refractivity contribution in [3.05, 3.63) is 12.1 Å². The second-order valence-electron chi connectivity index (χ2n) is 0.936. The van der Waals surface area contributed by atoms with Crippen LogP contribution in [-0.4, -0.2) is 3.79 Å². The zero-order valence-corrected chi connectivity index (χ0v) is 8.54. The Hall–Kier alpha value is 1.19. The van der Waals surface area contributed by atoms with Gasteiger partial charge in [-0.15, -0.1) is 12.4 Å². The summed E-state index contributed by atoms with van der Waals surface area (Å²) in [7, 11) is 0. The van der Waals surface area contributed by atoms with Crippen LogP contribution in [0.4, 0.5) is 0 Å². The highest BCUT2D eigenvalue weighted by atomic mass is 35.6. The second-order valence-corrected chi connectivity index (χ2v) is 4.09. The lowest BCUT2D eigenvalue weighted by atomic mass is 10.9. The van der Waals surface area contributed by atoms with Crippen molar-refractivity contribution in [2.45, 2.75) is 10.7 Å². The third-order valence-electron chi connectivity index (χ3n) is 0. The highest BCUT2D eigenvalue weighted by Gasteiger charge is 2.07. The van der Waals surface area contributed by atoms with Gasteiger partial charge in [-0.1, -0.05) is 53.0 Å². The molecule has 0 spiro atoms. The number of halogens is 5. The van der Waals surface area contributed by atoms with Gasteiger partial charge in [0.05, 0.1) is 0 Å². The summed E-state index contributed by atoms with van der Waals surface area (Å²) in [5, 5.41) is 0. The average molecular weight is 232 g/mol. The molecule has 0 nitrogen and oxygen atoms in total. The van der Waals surface area contributed by atoms with Crippen LogP contribution in [0.1, 0.15) is 6.92 Å². The zero-order chi connectivity index (χ0) is 7.21. The minimum absolute atomic E-state index is 0. The fourth-order valence-electron chi connectivity index (χ4n) is 0. The minimum atomic E-state index is -1.08. The van der Waals surface area contributed by atoms with E-state index in [1.807, 2.05) is 0 Å². The molecule has 0 heterocycles. The molecule has 58 valence electrons. The standard InChI is InChI=1S/C2H3Cl3.C2H3Cl.ClH/c1-2(3,4)5;1-2-3;/h1H3;2H,1H2;1H. The maximum absolute atomic E-state index is 5.06. The molecule has 0 aromatic heterocycles. The molecule has 0 saturated heterocycles. The lowest BCUT2D eigenvalue weighted by Gasteiger charge is -1.94. The van der Waals surface area contributed by atoms with Crippen LogP contribution in [0, 0.1) is 0 Å². The van der Waals surface area contributed by atoms with Crippen molar-refractivity contribution in [3.63, 3.8) is 0 Å². The SMILES string of the molecule is C=CCl.CC(Cl)(Cl)Cl.Cl. The molecular formula is C4H7Cl5. The highest BCUT2D eigenvalue weighted by Crippen LogP contribution is 2.23. The molecule has 0 radical (unpaired) electrons. The molecule has 0 aliphatic heterocycles. The zero-order valence-electron chi connectivity index (χ0n) is 4.70. The Morgan fingerprint density at radius 1 is 1.33 bits per heavy atom. The van der Waals surface area contributed by atoms with Crippen LogP contribution in [0.3, 0.4) is 0 Å². The molecule has 0 aliphatic rings. The third-order valence-corrected chi connectivity index (χ3v) is 0. The highest BCUT2D eigenvalue weighted by molar-refractivity contribution is 6.67. The molecule has 0 N–H and O–H groups in total. The van der Waals surface area contributed by atoms with E-state index in [-0.39, 0.29) is 12.4 Å². The van der Waals surface area contributed by atoms with Crippen LogP contribution < -0.4 is 0 Å². The van der Waals surface area contributed by atoms with E-state index in [2.05, 4.69) is 6.58 Å². The summed E-state index contributed by atoms with van der Waals surface area (Å²) in [6, 6.07) is 0. The fourth-order valence-corrected chi connectivity index (χ4v) is 0. The van der Waals surface area contributed by atoms with Gasteiger partial charge in [0, 0.05) is 0 Å². The summed E-state index contributed by atoms with van der Waals surface area (Å²) in [6.45, 7) is 4.61. The molecule has 0 bridgehead atoms. The molecule has 0 unspecified atom stereocenters. The number of alkyl halides is 3. The maximum atomic E-state index is 5.06. The molecule has 0 aliphatic carbocycles. The summed E-state index contributed by atoms with van der Waals surface area (Å²) >= 11 is 19.9. The van der Waals surface area contributed by atoms with Crippen molar-refractivity contribution in [1.29, 1.82) is 0 Å². The molecule has 0 fully saturated rings. The molecule has 5 heteroatoms. The van der Waals surface area contributed by atoms with Gasteiger partial charge in [0.15, 0.2) is 3.79 Å². The average Bonchev–Trinajstić information content (AvgIpc) is 1.27. The lowest BCUT2D eigenvalue weighted by molar-refractivity contribution is 1.27. The van der Waals surface area contributed by atoms with E-state index in [1.165, 1.54) is 12.5 Å². The van der Waals surface area contributed by atoms with E-state index >= 15 is 0 Å². The van der Waals surface area contributed by atoms with E-state index in [0.29, 0.717) is 0 Å². The van der Waals surface area contributed by atoms with Gasteiger partial charge in [-0.25, -0.2) is 0 Å². The summed E-state index contributed by atoms with van der Waals surface area (Å²) in [5.74, 6) is 0. The molecule has 0 atom stereocenters. The van der Waals surface area contributed by atoms with E-state index in [9.17, 15) is 0 Å². The maximum Gasteiger partial charge on any atom is 0.187 e. The van der Waals surface area contributed by atoms with Crippen molar-refractivity contribution < 1.29 is 0 Å². The number of hydrogen-bond donors (Lipinski definition) is 0. The quantitative estimate of drug-likeness (QED) is 0.550. The lowest BCUT2D eigenvalue weighted by Crippen LogP contribution is -1.87. The van der Waals surface area contributed by atoms with Gasteiger partial charge in [0.2, 0.25) is 0 Å². The number of rotatable bonds is 0. The second kappa shape index (κ2) is 9.19. The summed E-state index contributed by atoms with van der Waals surface area (Å²) in [4.78, 5) is 0. The van der Waals surface area contributed by atoms with Gasteiger partial charge in [0.1, 0.15) is 0 Å². The Morgan fingerprint density at radius 2 is 1.33 bits per heavy atom. The molecule has 0 rings (SSSR count). The van der Waals surface area contributed by atoms with Crippen molar-refractivity contribution in [2.24, 2.45) is 0 Å². The first-order valence-corrected chi connectivity index (χ1v) is 3.26. The van der Waals surface area contributed by atoms with Gasteiger partial charge < -0.3 is 0 Å². The van der Waals surface area contributed by atoms with Gasteiger partial charge >= 0.3 is 0 Å². The molecular weight excluding hydrogens is 225 g/mol. The van der Waals surface area contributed by atoms with Crippen LogP contribution in [0.5, 0.6) is 0 Å². The molecule has 0 aromatic carbocycles. The van der Waals surface area contributed by atoms with E-state index < -0.39 is 3.79 Å². The predicted molar refractivity (Wildman–Crippen MR) is 49.3 cm³/mol. The largest absolute Gasteiger partial charge is 0.187 e. The summed E-state index contributed by atoms with van der Waals surface area (Å²) in [5.41, 5.74) is 1.22. The van der Waals surface area contributed by atoms with Crippen LogP contribution >= 0.6 is 58.8 Å². The molecule has 0 amide bonds. The van der Waals surface area contributed by atoms with Crippen molar-refractivity contribution in [3.8, 4) is 0 Å². The fraction of sp³-hybridized carbons (Fsp3) is 0.500. The van der Waals surface area contributed by atoms with Crippen LogP contribution in [0.2, 0.25) is 0 Å². The van der Waals surface area contributed by atoms with Gasteiger partial charge in [-0.3, -0.25) is 0 Å². The molecule has 0 aromatic rings. The summed E-state index contributed by atoms with van der Waals surface area (Å²) < 4.78 is -1.08. The Balaban J connectivity index is -0.0000000800. The van der Waals surface area contributed by atoms with Crippen molar-refractivity contribution in [1.82, 2.24) is 0 Å². The Bertz CT molecular complexity index is 48.5. The van der Waals surface area contributed by atoms with Crippen LogP contribution in [-0.2, 0) is 0 Å². The smallest absolute Gasteiger partial charge is 0.147 e. The first kappa shape index (κ1) is 16.6. The Morgan fingerprint density at radius 3 is 1.33 bits per heavy atom. The van der Waals surface area contributed by atoms with Crippen LogP contribution in [0.15, 0.2) is 12.1 Å². The molecule has 0 saturated carbocycles. The van der Waals surface area contributed by atoms with E-state index in [0.717, 1.165) is 0 Å². The van der Waals surface area contributed by atoms with Gasteiger partial charge in [-0.2, -0.15) is 0 Å². The molecule has 9 heavy (non-hydrogen) atoms. The van der Waals surface area contributed by atoms with E-state index in [1.54, 1.807) is 0 Å². The Labute approximate surface area is 81.5 Å². The first-order chi connectivity index (χ1) is 3.41. The van der Waals surface area contributed by atoms with Crippen molar-refractivity contribution >= 4 is 58.8 Å². The van der Waals surface area contributed by atoms with Crippen LogP contribution in [0.25, 0.3) is 0 Å². The number of hydrogen-bond acceptors (Lipinski definition) is 0. The topological polar surface area (TPSA) is 0 Å².